The van der Waals surface area contributed by atoms with Gasteiger partial charge in [-0.05, 0) is 35.9 Å². The molecule has 2 rings (SSSR count). The fourth-order valence-electron chi connectivity index (χ4n) is 2.24. The van der Waals surface area contributed by atoms with Crippen LogP contribution in [-0.4, -0.2) is 31.1 Å². The predicted molar refractivity (Wildman–Crippen MR) is 109 cm³/mol. The molecule has 0 aliphatic heterocycles. The van der Waals surface area contributed by atoms with E-state index in [-0.39, 0.29) is 24.5 Å². The van der Waals surface area contributed by atoms with Crippen LogP contribution in [0.25, 0.3) is 0 Å². The van der Waals surface area contributed by atoms with E-state index in [0.717, 1.165) is 0 Å². The predicted octanol–water partition coefficient (Wildman–Crippen LogP) is 3.14. The SMILES string of the molecule is COc1cc(/C=N/NC(=O)CCC(=O)Nc2ccccc2Cl)ccc1OC(C)=O. The third-order valence-electron chi connectivity index (χ3n) is 3.57. The molecule has 0 fully saturated rings. The van der Waals surface area contributed by atoms with E-state index >= 15 is 0 Å². The Morgan fingerprint density at radius 3 is 2.48 bits per heavy atom. The molecule has 2 aromatic rings. The largest absolute Gasteiger partial charge is 0.493 e. The Bertz CT molecular complexity index is 930. The number of ether oxygens (including phenoxy) is 2. The Labute approximate surface area is 172 Å². The summed E-state index contributed by atoms with van der Waals surface area (Å²) in [6.45, 7) is 1.29. The Morgan fingerprint density at radius 2 is 1.79 bits per heavy atom. The molecule has 0 spiro atoms. The van der Waals surface area contributed by atoms with E-state index < -0.39 is 11.9 Å². The number of halogens is 1. The number of para-hydroxylation sites is 1. The molecular formula is C20H20ClN3O5. The van der Waals surface area contributed by atoms with Gasteiger partial charge in [0.1, 0.15) is 0 Å². The van der Waals surface area contributed by atoms with Crippen molar-refractivity contribution >= 4 is 41.3 Å². The van der Waals surface area contributed by atoms with E-state index in [9.17, 15) is 14.4 Å². The molecule has 2 amide bonds. The van der Waals surface area contributed by atoms with Gasteiger partial charge in [0, 0.05) is 19.8 Å². The number of anilines is 1. The van der Waals surface area contributed by atoms with Gasteiger partial charge in [0.2, 0.25) is 11.8 Å². The monoisotopic (exact) mass is 417 g/mol. The summed E-state index contributed by atoms with van der Waals surface area (Å²) in [5, 5.41) is 6.90. The van der Waals surface area contributed by atoms with Gasteiger partial charge in [-0.3, -0.25) is 14.4 Å². The lowest BCUT2D eigenvalue weighted by Gasteiger charge is -2.08. The number of carbonyl (C=O) groups is 3. The highest BCUT2D eigenvalue weighted by atomic mass is 35.5. The molecule has 0 aliphatic rings. The van der Waals surface area contributed by atoms with Crippen molar-refractivity contribution in [1.82, 2.24) is 5.43 Å². The van der Waals surface area contributed by atoms with Crippen LogP contribution in [0.2, 0.25) is 5.02 Å². The molecule has 0 heterocycles. The number of nitrogens with zero attached hydrogens (tertiary/aromatic N) is 1. The molecule has 0 atom stereocenters. The average molecular weight is 418 g/mol. The van der Waals surface area contributed by atoms with Gasteiger partial charge >= 0.3 is 5.97 Å². The fourth-order valence-corrected chi connectivity index (χ4v) is 2.42. The van der Waals surface area contributed by atoms with Crippen molar-refractivity contribution in [2.24, 2.45) is 5.10 Å². The Morgan fingerprint density at radius 1 is 1.07 bits per heavy atom. The first kappa shape index (κ1) is 21.9. The van der Waals surface area contributed by atoms with E-state index in [1.54, 1.807) is 42.5 Å². The Kier molecular flexibility index (Phi) is 8.17. The first-order chi connectivity index (χ1) is 13.9. The van der Waals surface area contributed by atoms with Crippen molar-refractivity contribution < 1.29 is 23.9 Å². The highest BCUT2D eigenvalue weighted by Gasteiger charge is 2.09. The smallest absolute Gasteiger partial charge is 0.308 e. The summed E-state index contributed by atoms with van der Waals surface area (Å²) in [4.78, 5) is 34.8. The second-order valence-electron chi connectivity index (χ2n) is 5.83. The van der Waals surface area contributed by atoms with Crippen LogP contribution in [0, 0.1) is 0 Å². The number of rotatable bonds is 8. The second kappa shape index (κ2) is 10.8. The zero-order chi connectivity index (χ0) is 21.2. The summed E-state index contributed by atoms with van der Waals surface area (Å²) in [7, 11) is 1.44. The van der Waals surface area contributed by atoms with Crippen LogP contribution in [0.15, 0.2) is 47.6 Å². The zero-order valence-electron chi connectivity index (χ0n) is 15.9. The molecule has 2 aromatic carbocycles. The number of amides is 2. The fraction of sp³-hybridized carbons (Fsp3) is 0.200. The van der Waals surface area contributed by atoms with E-state index in [1.165, 1.54) is 20.2 Å². The van der Waals surface area contributed by atoms with Crippen LogP contribution < -0.4 is 20.2 Å². The summed E-state index contributed by atoms with van der Waals surface area (Å²) in [6.07, 6.45) is 1.35. The molecule has 9 heteroatoms. The lowest BCUT2D eigenvalue weighted by molar-refractivity contribution is -0.132. The number of hydrogen-bond acceptors (Lipinski definition) is 6. The van der Waals surface area contributed by atoms with Crippen molar-refractivity contribution in [3.05, 3.63) is 53.1 Å². The lowest BCUT2D eigenvalue weighted by atomic mass is 10.2. The van der Waals surface area contributed by atoms with Gasteiger partial charge in [-0.15, -0.1) is 0 Å². The van der Waals surface area contributed by atoms with Crippen LogP contribution in [-0.2, 0) is 14.4 Å². The number of benzene rings is 2. The molecule has 0 aliphatic carbocycles. The van der Waals surface area contributed by atoms with Gasteiger partial charge in [-0.25, -0.2) is 5.43 Å². The maximum Gasteiger partial charge on any atom is 0.308 e. The maximum atomic E-state index is 11.9. The normalized spacial score (nSPS) is 10.4. The molecule has 0 unspecified atom stereocenters. The summed E-state index contributed by atoms with van der Waals surface area (Å²) in [5.74, 6) is -0.574. The minimum absolute atomic E-state index is 0.0164. The topological polar surface area (TPSA) is 106 Å². The molecule has 152 valence electrons. The van der Waals surface area contributed by atoms with Gasteiger partial charge in [-0.2, -0.15) is 5.10 Å². The summed E-state index contributed by atoms with van der Waals surface area (Å²) >= 11 is 5.97. The standard InChI is InChI=1S/C20H20ClN3O5/c1-13(25)29-17-8-7-14(11-18(17)28-2)12-22-24-20(27)10-9-19(26)23-16-6-4-3-5-15(16)21/h3-8,11-12H,9-10H2,1-2H3,(H,23,26)(H,24,27)/b22-12+. The highest BCUT2D eigenvalue weighted by Crippen LogP contribution is 2.27. The van der Waals surface area contributed by atoms with Crippen LogP contribution in [0.1, 0.15) is 25.3 Å². The highest BCUT2D eigenvalue weighted by molar-refractivity contribution is 6.33. The molecule has 8 nitrogen and oxygen atoms in total. The summed E-state index contributed by atoms with van der Waals surface area (Å²) < 4.78 is 10.2. The first-order valence-electron chi connectivity index (χ1n) is 8.61. The van der Waals surface area contributed by atoms with Crippen molar-refractivity contribution in [1.29, 1.82) is 0 Å². The molecule has 0 bridgehead atoms. The molecule has 0 radical (unpaired) electrons. The number of carbonyl (C=O) groups excluding carboxylic acids is 3. The minimum atomic E-state index is -0.462. The van der Waals surface area contributed by atoms with Crippen molar-refractivity contribution in [2.75, 3.05) is 12.4 Å². The average Bonchev–Trinajstić information content (AvgIpc) is 2.69. The first-order valence-corrected chi connectivity index (χ1v) is 8.99. The Balaban J connectivity index is 1.82. The van der Waals surface area contributed by atoms with Crippen LogP contribution >= 0.6 is 11.6 Å². The van der Waals surface area contributed by atoms with Gasteiger partial charge in [-0.1, -0.05) is 23.7 Å². The van der Waals surface area contributed by atoms with Crippen LogP contribution in [0.5, 0.6) is 11.5 Å². The quantitative estimate of drug-likeness (QED) is 0.297. The zero-order valence-corrected chi connectivity index (χ0v) is 16.7. The molecule has 2 N–H and O–H groups in total. The van der Waals surface area contributed by atoms with Crippen molar-refractivity contribution in [2.45, 2.75) is 19.8 Å². The molecular weight excluding hydrogens is 398 g/mol. The third kappa shape index (κ3) is 7.27. The van der Waals surface area contributed by atoms with Gasteiger partial charge in [0.15, 0.2) is 11.5 Å². The van der Waals surface area contributed by atoms with E-state index in [0.29, 0.717) is 22.0 Å². The minimum Gasteiger partial charge on any atom is -0.493 e. The number of esters is 1. The van der Waals surface area contributed by atoms with Crippen molar-refractivity contribution in [3.63, 3.8) is 0 Å². The van der Waals surface area contributed by atoms with Gasteiger partial charge < -0.3 is 14.8 Å². The molecule has 0 saturated carbocycles. The number of methoxy groups -OCH3 is 1. The molecule has 0 aromatic heterocycles. The van der Waals surface area contributed by atoms with Gasteiger partial charge in [0.25, 0.3) is 0 Å². The van der Waals surface area contributed by atoms with Crippen LogP contribution in [0.4, 0.5) is 5.69 Å². The Hall–Kier alpha value is -3.39. The number of hydrogen-bond donors (Lipinski definition) is 2. The molecule has 0 saturated heterocycles. The number of nitrogens with one attached hydrogen (secondary N) is 2. The van der Waals surface area contributed by atoms with Crippen LogP contribution in [0.3, 0.4) is 0 Å². The van der Waals surface area contributed by atoms with E-state index in [4.69, 9.17) is 21.1 Å². The third-order valence-corrected chi connectivity index (χ3v) is 3.90. The van der Waals surface area contributed by atoms with E-state index in [1.807, 2.05) is 0 Å². The number of hydrazone groups is 1. The second-order valence-corrected chi connectivity index (χ2v) is 6.23. The van der Waals surface area contributed by atoms with Crippen molar-refractivity contribution in [3.8, 4) is 11.5 Å². The maximum absolute atomic E-state index is 11.9. The lowest BCUT2D eigenvalue weighted by Crippen LogP contribution is -2.20. The van der Waals surface area contributed by atoms with Gasteiger partial charge in [0.05, 0.1) is 24.0 Å². The van der Waals surface area contributed by atoms with E-state index in [2.05, 4.69) is 15.8 Å². The summed E-state index contributed by atoms with van der Waals surface area (Å²) in [5.41, 5.74) is 3.45. The summed E-state index contributed by atoms with van der Waals surface area (Å²) in [6, 6.07) is 11.6. The molecule has 29 heavy (non-hydrogen) atoms.